The fourth-order valence-electron chi connectivity index (χ4n) is 1.15. The van der Waals surface area contributed by atoms with Gasteiger partial charge in [0.2, 0.25) is 0 Å². The van der Waals surface area contributed by atoms with Crippen molar-refractivity contribution in [3.63, 3.8) is 0 Å². The van der Waals surface area contributed by atoms with E-state index in [1.807, 2.05) is 12.3 Å². The van der Waals surface area contributed by atoms with Gasteiger partial charge in [0.15, 0.2) is 0 Å². The zero-order valence-electron chi connectivity index (χ0n) is 9.27. The van der Waals surface area contributed by atoms with Gasteiger partial charge < -0.3 is 15.7 Å². The van der Waals surface area contributed by atoms with Crippen LogP contribution in [0.2, 0.25) is 0 Å². The van der Waals surface area contributed by atoms with Gasteiger partial charge in [0, 0.05) is 18.5 Å². The van der Waals surface area contributed by atoms with Crippen LogP contribution in [0, 0.1) is 5.92 Å². The van der Waals surface area contributed by atoms with E-state index in [0.29, 0.717) is 19.5 Å². The van der Waals surface area contributed by atoms with Gasteiger partial charge >= 0.3 is 6.03 Å². The van der Waals surface area contributed by atoms with Crippen molar-refractivity contribution in [1.29, 1.82) is 0 Å². The number of aliphatic hydroxyl groups is 1. The molecular formula is C10H17N3O2S. The molecular weight excluding hydrogens is 226 g/mol. The van der Waals surface area contributed by atoms with Crippen LogP contribution in [-0.2, 0) is 6.54 Å². The first-order valence-corrected chi connectivity index (χ1v) is 6.16. The lowest BCUT2D eigenvalue weighted by Crippen LogP contribution is -2.37. The minimum absolute atomic E-state index is 0.156. The molecule has 0 saturated carbocycles. The van der Waals surface area contributed by atoms with Crippen LogP contribution in [0.3, 0.4) is 0 Å². The number of nitrogens with one attached hydrogen (secondary N) is 2. The molecule has 1 aromatic heterocycles. The van der Waals surface area contributed by atoms with E-state index in [1.54, 1.807) is 5.51 Å². The van der Waals surface area contributed by atoms with Gasteiger partial charge in [-0.25, -0.2) is 9.78 Å². The van der Waals surface area contributed by atoms with Crippen molar-refractivity contribution < 1.29 is 9.90 Å². The smallest absolute Gasteiger partial charge is 0.315 e. The number of urea groups is 1. The molecule has 6 heteroatoms. The van der Waals surface area contributed by atoms with E-state index >= 15 is 0 Å². The number of carbonyl (C=O) groups excluding carboxylic acids is 1. The number of thiazole rings is 1. The van der Waals surface area contributed by atoms with Crippen LogP contribution < -0.4 is 10.6 Å². The highest BCUT2D eigenvalue weighted by molar-refractivity contribution is 7.07. The second-order valence-corrected chi connectivity index (χ2v) is 4.38. The second kappa shape index (κ2) is 7.19. The van der Waals surface area contributed by atoms with Crippen LogP contribution in [0.25, 0.3) is 0 Å². The van der Waals surface area contributed by atoms with Crippen molar-refractivity contribution in [2.24, 2.45) is 5.92 Å². The number of hydrogen-bond acceptors (Lipinski definition) is 4. The van der Waals surface area contributed by atoms with Gasteiger partial charge in [0.25, 0.3) is 0 Å². The summed E-state index contributed by atoms with van der Waals surface area (Å²) in [7, 11) is 0. The van der Waals surface area contributed by atoms with Crippen molar-refractivity contribution in [2.45, 2.75) is 19.9 Å². The lowest BCUT2D eigenvalue weighted by Gasteiger charge is -2.11. The standard InChI is InChI=1S/C10H17N3O2S/c1-8(2-3-14)4-11-10(15)12-5-9-6-16-7-13-9/h6-8,14H,2-5H2,1H3,(H2,11,12,15). The van der Waals surface area contributed by atoms with Crippen LogP contribution >= 0.6 is 11.3 Å². The molecule has 3 N–H and O–H groups in total. The number of carbonyl (C=O) groups is 1. The zero-order valence-corrected chi connectivity index (χ0v) is 10.1. The molecule has 0 fully saturated rings. The largest absolute Gasteiger partial charge is 0.396 e. The molecule has 2 amide bonds. The molecule has 1 unspecified atom stereocenters. The summed E-state index contributed by atoms with van der Waals surface area (Å²) in [6.07, 6.45) is 0.701. The Kier molecular flexibility index (Phi) is 5.81. The normalized spacial score (nSPS) is 12.1. The number of amides is 2. The van der Waals surface area contributed by atoms with Gasteiger partial charge in [0.1, 0.15) is 0 Å². The molecule has 1 atom stereocenters. The third kappa shape index (κ3) is 5.09. The first-order valence-electron chi connectivity index (χ1n) is 5.22. The van der Waals surface area contributed by atoms with E-state index in [-0.39, 0.29) is 18.6 Å². The number of hydrogen-bond donors (Lipinski definition) is 3. The Morgan fingerprint density at radius 3 is 3.06 bits per heavy atom. The summed E-state index contributed by atoms with van der Waals surface area (Å²) in [5, 5.41) is 16.1. The Morgan fingerprint density at radius 2 is 2.44 bits per heavy atom. The zero-order chi connectivity index (χ0) is 11.8. The van der Waals surface area contributed by atoms with Gasteiger partial charge in [-0.3, -0.25) is 0 Å². The Balaban J connectivity index is 2.11. The molecule has 0 spiro atoms. The summed E-state index contributed by atoms with van der Waals surface area (Å²) in [4.78, 5) is 15.4. The Bertz CT molecular complexity index is 303. The minimum Gasteiger partial charge on any atom is -0.396 e. The van der Waals surface area contributed by atoms with E-state index in [0.717, 1.165) is 5.69 Å². The van der Waals surface area contributed by atoms with Crippen LogP contribution in [0.1, 0.15) is 19.0 Å². The molecule has 0 aliphatic carbocycles. The molecule has 0 aromatic carbocycles. The molecule has 0 bridgehead atoms. The number of aliphatic hydroxyl groups excluding tert-OH is 1. The van der Waals surface area contributed by atoms with E-state index in [9.17, 15) is 4.79 Å². The maximum Gasteiger partial charge on any atom is 0.315 e. The summed E-state index contributed by atoms with van der Waals surface area (Å²) in [5.74, 6) is 0.287. The van der Waals surface area contributed by atoms with Crippen molar-refractivity contribution in [3.05, 3.63) is 16.6 Å². The van der Waals surface area contributed by atoms with Crippen LogP contribution in [0.4, 0.5) is 4.79 Å². The molecule has 0 radical (unpaired) electrons. The van der Waals surface area contributed by atoms with E-state index in [1.165, 1.54) is 11.3 Å². The lowest BCUT2D eigenvalue weighted by molar-refractivity contribution is 0.233. The quantitative estimate of drug-likeness (QED) is 0.696. The maximum atomic E-state index is 11.3. The molecule has 0 aliphatic heterocycles. The van der Waals surface area contributed by atoms with Gasteiger partial charge in [-0.05, 0) is 12.3 Å². The van der Waals surface area contributed by atoms with E-state index < -0.39 is 0 Å². The summed E-state index contributed by atoms with van der Waals surface area (Å²) >= 11 is 1.51. The molecule has 0 saturated heterocycles. The molecule has 0 aliphatic rings. The topological polar surface area (TPSA) is 74.2 Å². The van der Waals surface area contributed by atoms with Crippen LogP contribution in [0.15, 0.2) is 10.9 Å². The van der Waals surface area contributed by atoms with Crippen LogP contribution in [-0.4, -0.2) is 29.3 Å². The van der Waals surface area contributed by atoms with Crippen molar-refractivity contribution >= 4 is 17.4 Å². The predicted octanol–water partition coefficient (Wildman–Crippen LogP) is 0.961. The molecule has 90 valence electrons. The van der Waals surface area contributed by atoms with Gasteiger partial charge in [-0.1, -0.05) is 6.92 Å². The van der Waals surface area contributed by atoms with Gasteiger partial charge in [0.05, 0.1) is 17.7 Å². The number of aromatic nitrogens is 1. The predicted molar refractivity (Wildman–Crippen MR) is 63.2 cm³/mol. The first kappa shape index (κ1) is 12.9. The Morgan fingerprint density at radius 1 is 1.62 bits per heavy atom. The monoisotopic (exact) mass is 243 g/mol. The highest BCUT2D eigenvalue weighted by atomic mass is 32.1. The SMILES string of the molecule is CC(CCO)CNC(=O)NCc1cscn1. The molecule has 1 heterocycles. The van der Waals surface area contributed by atoms with Crippen molar-refractivity contribution in [1.82, 2.24) is 15.6 Å². The molecule has 1 aromatic rings. The summed E-state index contributed by atoms with van der Waals surface area (Å²) < 4.78 is 0. The minimum atomic E-state index is -0.196. The lowest BCUT2D eigenvalue weighted by atomic mass is 10.1. The number of rotatable bonds is 6. The van der Waals surface area contributed by atoms with E-state index in [2.05, 4.69) is 15.6 Å². The van der Waals surface area contributed by atoms with Gasteiger partial charge in [-0.15, -0.1) is 11.3 Å². The Labute approximate surface area is 98.9 Å². The fourth-order valence-corrected chi connectivity index (χ4v) is 1.71. The molecule has 1 rings (SSSR count). The number of nitrogens with zero attached hydrogens (tertiary/aromatic N) is 1. The highest BCUT2D eigenvalue weighted by Gasteiger charge is 2.04. The van der Waals surface area contributed by atoms with Crippen LogP contribution in [0.5, 0.6) is 0 Å². The average Bonchev–Trinajstić information content (AvgIpc) is 2.77. The average molecular weight is 243 g/mol. The molecule has 16 heavy (non-hydrogen) atoms. The van der Waals surface area contributed by atoms with Gasteiger partial charge in [-0.2, -0.15) is 0 Å². The first-order chi connectivity index (χ1) is 7.72. The fraction of sp³-hybridized carbons (Fsp3) is 0.600. The molecule has 5 nitrogen and oxygen atoms in total. The third-order valence-corrected chi connectivity index (χ3v) is 2.78. The highest BCUT2D eigenvalue weighted by Crippen LogP contribution is 2.00. The van der Waals surface area contributed by atoms with E-state index in [4.69, 9.17) is 5.11 Å². The Hall–Kier alpha value is -1.14. The summed E-state index contributed by atoms with van der Waals surface area (Å²) in [6, 6.07) is -0.196. The van der Waals surface area contributed by atoms with Crippen molar-refractivity contribution in [2.75, 3.05) is 13.2 Å². The third-order valence-electron chi connectivity index (χ3n) is 2.15. The summed E-state index contributed by atoms with van der Waals surface area (Å²) in [5.41, 5.74) is 2.60. The second-order valence-electron chi connectivity index (χ2n) is 3.66. The summed E-state index contributed by atoms with van der Waals surface area (Å²) in [6.45, 7) is 3.16. The maximum absolute atomic E-state index is 11.3. The van der Waals surface area contributed by atoms with Crippen molar-refractivity contribution in [3.8, 4) is 0 Å².